The number of hydrogen-bond acceptors (Lipinski definition) is 3. The minimum Gasteiger partial charge on any atom is -0.480 e. The second-order valence-electron chi connectivity index (χ2n) is 5.69. The topological polar surface area (TPSA) is 69.6 Å². The maximum absolute atomic E-state index is 12.1. The molecule has 0 aliphatic carbocycles. The lowest BCUT2D eigenvalue weighted by Crippen LogP contribution is -2.47. The van der Waals surface area contributed by atoms with Crippen molar-refractivity contribution < 1.29 is 14.7 Å². The van der Waals surface area contributed by atoms with E-state index in [0.717, 1.165) is 29.7 Å². The van der Waals surface area contributed by atoms with Crippen molar-refractivity contribution in [3.05, 3.63) is 29.3 Å². The fourth-order valence-electron chi connectivity index (χ4n) is 2.79. The first-order valence-electron chi connectivity index (χ1n) is 7.31. The zero-order chi connectivity index (χ0) is 15.4. The molecule has 0 radical (unpaired) electrons. The molecule has 1 heterocycles. The van der Waals surface area contributed by atoms with Gasteiger partial charge in [-0.15, -0.1) is 0 Å². The number of nitrogens with one attached hydrogen (secondary N) is 1. The van der Waals surface area contributed by atoms with Crippen molar-refractivity contribution in [2.45, 2.75) is 39.2 Å². The van der Waals surface area contributed by atoms with Crippen LogP contribution in [0.2, 0.25) is 0 Å². The van der Waals surface area contributed by atoms with Crippen molar-refractivity contribution >= 4 is 17.6 Å². The van der Waals surface area contributed by atoms with E-state index in [9.17, 15) is 14.7 Å². The highest BCUT2D eigenvalue weighted by atomic mass is 16.4. The number of hydrogen-bond donors (Lipinski definition) is 2. The van der Waals surface area contributed by atoms with Crippen LogP contribution in [-0.2, 0) is 9.59 Å². The van der Waals surface area contributed by atoms with Crippen LogP contribution in [-0.4, -0.2) is 41.0 Å². The van der Waals surface area contributed by atoms with Crippen molar-refractivity contribution in [2.75, 3.05) is 18.4 Å². The number of carboxylic acid groups (broad SMARTS) is 1. The molecule has 5 nitrogen and oxygen atoms in total. The van der Waals surface area contributed by atoms with Crippen molar-refractivity contribution in [3.63, 3.8) is 0 Å². The zero-order valence-corrected chi connectivity index (χ0v) is 12.6. The molecular formula is C16H22N2O3. The van der Waals surface area contributed by atoms with Crippen LogP contribution in [0.25, 0.3) is 0 Å². The minimum absolute atomic E-state index is 0.129. The molecule has 0 spiro atoms. The van der Waals surface area contributed by atoms with E-state index >= 15 is 0 Å². The molecule has 2 N–H and O–H groups in total. The third-order valence-corrected chi connectivity index (χ3v) is 3.90. The molecular weight excluding hydrogens is 268 g/mol. The van der Waals surface area contributed by atoms with E-state index in [-0.39, 0.29) is 12.5 Å². The molecule has 1 aromatic carbocycles. The molecule has 1 saturated heterocycles. The Hall–Kier alpha value is -1.88. The molecule has 1 aliphatic heterocycles. The number of carbonyl (C=O) groups excluding carboxylic acids is 1. The molecule has 0 bridgehead atoms. The van der Waals surface area contributed by atoms with Crippen LogP contribution in [0.15, 0.2) is 18.2 Å². The van der Waals surface area contributed by atoms with E-state index in [4.69, 9.17) is 0 Å². The van der Waals surface area contributed by atoms with Crippen LogP contribution in [0.4, 0.5) is 5.69 Å². The highest BCUT2D eigenvalue weighted by molar-refractivity contribution is 5.93. The average Bonchev–Trinajstić information content (AvgIpc) is 2.42. The van der Waals surface area contributed by atoms with Gasteiger partial charge in [0.1, 0.15) is 6.04 Å². The fourth-order valence-corrected chi connectivity index (χ4v) is 2.79. The van der Waals surface area contributed by atoms with E-state index in [2.05, 4.69) is 5.32 Å². The van der Waals surface area contributed by atoms with E-state index in [1.54, 1.807) is 4.90 Å². The van der Waals surface area contributed by atoms with Crippen LogP contribution in [0.5, 0.6) is 0 Å². The number of nitrogens with zero attached hydrogens (tertiary/aromatic N) is 1. The Labute approximate surface area is 125 Å². The second kappa shape index (κ2) is 6.72. The molecule has 1 aliphatic rings. The first-order chi connectivity index (χ1) is 9.97. The highest BCUT2D eigenvalue weighted by Gasteiger charge is 2.29. The summed E-state index contributed by atoms with van der Waals surface area (Å²) in [5, 5.41) is 12.1. The standard InChI is InChI=1S/C16H22N2O3/c1-11-6-7-13(12(2)9-11)17-15(19)10-18-8-4-3-5-14(18)16(20)21/h6-7,9,14H,3-5,8,10H2,1-2H3,(H,17,19)(H,20,21). The van der Waals surface area contributed by atoms with Gasteiger partial charge in [-0.1, -0.05) is 24.1 Å². The van der Waals surface area contributed by atoms with E-state index < -0.39 is 12.0 Å². The van der Waals surface area contributed by atoms with E-state index in [1.165, 1.54) is 0 Å². The normalized spacial score (nSPS) is 19.2. The van der Waals surface area contributed by atoms with Gasteiger partial charge < -0.3 is 10.4 Å². The molecule has 1 fully saturated rings. The summed E-state index contributed by atoms with van der Waals surface area (Å²) in [5.41, 5.74) is 2.94. The van der Waals surface area contributed by atoms with Crippen LogP contribution in [0.1, 0.15) is 30.4 Å². The van der Waals surface area contributed by atoms with Gasteiger partial charge in [0.15, 0.2) is 0 Å². The molecule has 1 amide bonds. The quantitative estimate of drug-likeness (QED) is 0.891. The summed E-state index contributed by atoms with van der Waals surface area (Å²) >= 11 is 0. The molecule has 0 saturated carbocycles. The summed E-state index contributed by atoms with van der Waals surface area (Å²) in [7, 11) is 0. The predicted molar refractivity (Wildman–Crippen MR) is 81.4 cm³/mol. The lowest BCUT2D eigenvalue weighted by atomic mass is 10.0. The largest absolute Gasteiger partial charge is 0.480 e. The van der Waals surface area contributed by atoms with Crippen LogP contribution < -0.4 is 5.32 Å². The second-order valence-corrected chi connectivity index (χ2v) is 5.69. The maximum Gasteiger partial charge on any atom is 0.320 e. The van der Waals surface area contributed by atoms with Crippen molar-refractivity contribution in [3.8, 4) is 0 Å². The van der Waals surface area contributed by atoms with Gasteiger partial charge in [-0.3, -0.25) is 14.5 Å². The third-order valence-electron chi connectivity index (χ3n) is 3.90. The number of anilines is 1. The summed E-state index contributed by atoms with van der Waals surface area (Å²) in [5.74, 6) is -0.996. The molecule has 1 aromatic rings. The van der Waals surface area contributed by atoms with Crippen molar-refractivity contribution in [1.82, 2.24) is 4.90 Å². The Kier molecular flexibility index (Phi) is 4.96. The first kappa shape index (κ1) is 15.5. The number of aliphatic carboxylic acids is 1. The van der Waals surface area contributed by atoms with Gasteiger partial charge in [-0.25, -0.2) is 0 Å². The van der Waals surface area contributed by atoms with Gasteiger partial charge in [0, 0.05) is 5.69 Å². The zero-order valence-electron chi connectivity index (χ0n) is 12.6. The Morgan fingerprint density at radius 2 is 2.10 bits per heavy atom. The van der Waals surface area contributed by atoms with Crippen LogP contribution in [0, 0.1) is 13.8 Å². The van der Waals surface area contributed by atoms with Gasteiger partial charge in [-0.05, 0) is 44.9 Å². The van der Waals surface area contributed by atoms with Gasteiger partial charge in [0.25, 0.3) is 0 Å². The summed E-state index contributed by atoms with van der Waals surface area (Å²) in [6, 6.07) is 5.30. The predicted octanol–water partition coefficient (Wildman–Crippen LogP) is 2.18. The van der Waals surface area contributed by atoms with Crippen molar-refractivity contribution in [2.24, 2.45) is 0 Å². The van der Waals surface area contributed by atoms with E-state index in [0.29, 0.717) is 13.0 Å². The Morgan fingerprint density at radius 1 is 1.33 bits per heavy atom. The summed E-state index contributed by atoms with van der Waals surface area (Å²) < 4.78 is 0. The van der Waals surface area contributed by atoms with Crippen LogP contribution in [0.3, 0.4) is 0 Å². The Balaban J connectivity index is 1.98. The van der Waals surface area contributed by atoms with Gasteiger partial charge >= 0.3 is 5.97 Å². The molecule has 5 heteroatoms. The summed E-state index contributed by atoms with van der Waals surface area (Å²) in [6.07, 6.45) is 2.47. The maximum atomic E-state index is 12.1. The number of rotatable bonds is 4. The number of carbonyl (C=O) groups is 2. The minimum atomic E-state index is -0.839. The number of likely N-dealkylation sites (tertiary alicyclic amines) is 1. The lowest BCUT2D eigenvalue weighted by molar-refractivity contribution is -0.145. The molecule has 1 atom stereocenters. The Morgan fingerprint density at radius 3 is 2.76 bits per heavy atom. The first-order valence-corrected chi connectivity index (χ1v) is 7.31. The smallest absolute Gasteiger partial charge is 0.320 e. The average molecular weight is 290 g/mol. The fraction of sp³-hybridized carbons (Fsp3) is 0.500. The Bertz CT molecular complexity index is 542. The number of carboxylic acids is 1. The number of amides is 1. The monoisotopic (exact) mass is 290 g/mol. The summed E-state index contributed by atoms with van der Waals surface area (Å²) in [6.45, 7) is 4.74. The number of aryl methyl sites for hydroxylation is 2. The molecule has 0 aromatic heterocycles. The molecule has 114 valence electrons. The molecule has 1 unspecified atom stereocenters. The lowest BCUT2D eigenvalue weighted by Gasteiger charge is -2.32. The molecule has 2 rings (SSSR count). The summed E-state index contributed by atoms with van der Waals surface area (Å²) in [4.78, 5) is 25.1. The number of benzene rings is 1. The van der Waals surface area contributed by atoms with Crippen LogP contribution >= 0.6 is 0 Å². The number of piperidine rings is 1. The van der Waals surface area contributed by atoms with E-state index in [1.807, 2.05) is 32.0 Å². The third kappa shape index (κ3) is 4.04. The molecule has 21 heavy (non-hydrogen) atoms. The van der Waals surface area contributed by atoms with Crippen molar-refractivity contribution in [1.29, 1.82) is 0 Å². The van der Waals surface area contributed by atoms with Gasteiger partial charge in [0.05, 0.1) is 6.54 Å². The van der Waals surface area contributed by atoms with Gasteiger partial charge in [-0.2, -0.15) is 0 Å². The SMILES string of the molecule is Cc1ccc(NC(=O)CN2CCCCC2C(=O)O)c(C)c1. The van der Waals surface area contributed by atoms with Gasteiger partial charge in [0.2, 0.25) is 5.91 Å². The highest BCUT2D eigenvalue weighted by Crippen LogP contribution is 2.19.